The SMILES string of the molecule is O=C(Cc1ccc(C(F)(F)F)cc1)Nc1cccc(S(=O)(=O)NCc2ccco2)c1. The number of hydrogen-bond acceptors (Lipinski definition) is 4. The third-order valence-corrected chi connectivity index (χ3v) is 5.49. The third kappa shape index (κ3) is 5.71. The summed E-state index contributed by atoms with van der Waals surface area (Å²) >= 11 is 0. The molecule has 0 saturated heterocycles. The van der Waals surface area contributed by atoms with Crippen LogP contribution in [0.15, 0.2) is 76.2 Å². The molecule has 30 heavy (non-hydrogen) atoms. The number of alkyl halides is 3. The van der Waals surface area contributed by atoms with E-state index in [0.29, 0.717) is 11.3 Å². The van der Waals surface area contributed by atoms with Crippen LogP contribution >= 0.6 is 0 Å². The first-order valence-electron chi connectivity index (χ1n) is 8.71. The van der Waals surface area contributed by atoms with Crippen LogP contribution in [-0.4, -0.2) is 14.3 Å². The summed E-state index contributed by atoms with van der Waals surface area (Å²) in [6, 6.07) is 13.2. The Bertz CT molecular complexity index is 1110. The molecule has 2 aromatic carbocycles. The second kappa shape index (κ2) is 8.72. The van der Waals surface area contributed by atoms with E-state index in [2.05, 4.69) is 10.0 Å². The van der Waals surface area contributed by atoms with Gasteiger partial charge in [-0.15, -0.1) is 0 Å². The molecular formula is C20H17F3N2O4S. The number of carbonyl (C=O) groups is 1. The normalized spacial score (nSPS) is 12.0. The second-order valence-electron chi connectivity index (χ2n) is 6.35. The van der Waals surface area contributed by atoms with Crippen LogP contribution in [0.25, 0.3) is 0 Å². The zero-order chi connectivity index (χ0) is 21.8. The van der Waals surface area contributed by atoms with Crippen molar-refractivity contribution < 1.29 is 30.8 Å². The lowest BCUT2D eigenvalue weighted by molar-refractivity contribution is -0.137. The molecule has 3 rings (SSSR count). The molecule has 2 N–H and O–H groups in total. The molecule has 0 bridgehead atoms. The molecule has 1 amide bonds. The minimum atomic E-state index is -4.45. The monoisotopic (exact) mass is 438 g/mol. The number of furan rings is 1. The number of nitrogens with one attached hydrogen (secondary N) is 2. The van der Waals surface area contributed by atoms with Gasteiger partial charge in [-0.1, -0.05) is 18.2 Å². The summed E-state index contributed by atoms with van der Waals surface area (Å²) in [5.74, 6) is -0.0487. The highest BCUT2D eigenvalue weighted by atomic mass is 32.2. The molecule has 0 aliphatic rings. The minimum Gasteiger partial charge on any atom is -0.468 e. The molecule has 0 spiro atoms. The van der Waals surface area contributed by atoms with Gasteiger partial charge in [-0.2, -0.15) is 13.2 Å². The lowest BCUT2D eigenvalue weighted by Gasteiger charge is -2.10. The molecule has 0 aliphatic carbocycles. The molecule has 3 aromatic rings. The molecule has 0 saturated carbocycles. The topological polar surface area (TPSA) is 88.4 Å². The Morgan fingerprint density at radius 1 is 1.00 bits per heavy atom. The quantitative estimate of drug-likeness (QED) is 0.585. The van der Waals surface area contributed by atoms with Gasteiger partial charge in [0.15, 0.2) is 0 Å². The van der Waals surface area contributed by atoms with Crippen molar-refractivity contribution in [2.75, 3.05) is 5.32 Å². The first kappa shape index (κ1) is 21.6. The zero-order valence-electron chi connectivity index (χ0n) is 15.4. The van der Waals surface area contributed by atoms with Crippen molar-refractivity contribution in [2.24, 2.45) is 0 Å². The summed E-state index contributed by atoms with van der Waals surface area (Å²) in [4.78, 5) is 12.1. The van der Waals surface area contributed by atoms with Crippen molar-refractivity contribution in [3.63, 3.8) is 0 Å². The Morgan fingerprint density at radius 2 is 1.73 bits per heavy atom. The van der Waals surface area contributed by atoms with Crippen LogP contribution in [0.5, 0.6) is 0 Å². The number of sulfonamides is 1. The van der Waals surface area contributed by atoms with Gasteiger partial charge in [-0.3, -0.25) is 4.79 Å². The standard InChI is InChI=1S/C20H17F3N2O4S/c21-20(22,23)15-8-6-14(7-9-15)11-19(26)25-16-3-1-5-18(12-16)30(27,28)24-13-17-4-2-10-29-17/h1-10,12,24H,11,13H2,(H,25,26). The van der Waals surface area contributed by atoms with Gasteiger partial charge in [0.2, 0.25) is 15.9 Å². The van der Waals surface area contributed by atoms with Crippen LogP contribution in [0.2, 0.25) is 0 Å². The van der Waals surface area contributed by atoms with Crippen LogP contribution in [0.1, 0.15) is 16.9 Å². The zero-order valence-corrected chi connectivity index (χ0v) is 16.3. The largest absolute Gasteiger partial charge is 0.468 e. The highest BCUT2D eigenvalue weighted by molar-refractivity contribution is 7.89. The Hall–Kier alpha value is -3.11. The van der Waals surface area contributed by atoms with Gasteiger partial charge in [-0.25, -0.2) is 13.1 Å². The fourth-order valence-corrected chi connectivity index (χ4v) is 3.64. The summed E-state index contributed by atoms with van der Waals surface area (Å²) in [6.45, 7) is -0.0279. The molecule has 6 nitrogen and oxygen atoms in total. The summed E-state index contributed by atoms with van der Waals surface area (Å²) < 4.78 is 70.1. The average molecular weight is 438 g/mol. The van der Waals surface area contributed by atoms with E-state index in [9.17, 15) is 26.4 Å². The van der Waals surface area contributed by atoms with Crippen molar-refractivity contribution in [3.05, 3.63) is 83.8 Å². The van der Waals surface area contributed by atoms with Gasteiger partial charge >= 0.3 is 6.18 Å². The summed E-state index contributed by atoms with van der Waals surface area (Å²) in [7, 11) is -3.84. The Morgan fingerprint density at radius 3 is 2.37 bits per heavy atom. The smallest absolute Gasteiger partial charge is 0.416 e. The third-order valence-electron chi connectivity index (χ3n) is 4.09. The lowest BCUT2D eigenvalue weighted by atomic mass is 10.1. The van der Waals surface area contributed by atoms with Crippen LogP contribution in [-0.2, 0) is 34.0 Å². The molecule has 10 heteroatoms. The molecule has 158 valence electrons. The molecule has 0 radical (unpaired) electrons. The highest BCUT2D eigenvalue weighted by Gasteiger charge is 2.30. The van der Waals surface area contributed by atoms with Crippen LogP contribution in [0.3, 0.4) is 0 Å². The van der Waals surface area contributed by atoms with E-state index in [0.717, 1.165) is 12.1 Å². The molecule has 0 fully saturated rings. The fourth-order valence-electron chi connectivity index (χ4n) is 2.61. The van der Waals surface area contributed by atoms with Crippen LogP contribution in [0.4, 0.5) is 18.9 Å². The Balaban J connectivity index is 1.63. The van der Waals surface area contributed by atoms with E-state index < -0.39 is 27.7 Å². The molecule has 0 aliphatic heterocycles. The van der Waals surface area contributed by atoms with Crippen LogP contribution in [0, 0.1) is 0 Å². The highest BCUT2D eigenvalue weighted by Crippen LogP contribution is 2.29. The maximum atomic E-state index is 12.6. The number of carbonyl (C=O) groups excluding carboxylic acids is 1. The molecule has 0 unspecified atom stereocenters. The van der Waals surface area contributed by atoms with E-state index in [1.54, 1.807) is 12.1 Å². The first-order valence-corrected chi connectivity index (χ1v) is 10.2. The van der Waals surface area contributed by atoms with Crippen molar-refractivity contribution in [2.45, 2.75) is 24.0 Å². The molecular weight excluding hydrogens is 421 g/mol. The van der Waals surface area contributed by atoms with Gasteiger partial charge in [0, 0.05) is 5.69 Å². The van der Waals surface area contributed by atoms with Crippen LogP contribution < -0.4 is 10.0 Å². The predicted octanol–water partition coefficient (Wildman–Crippen LogP) is 3.96. The van der Waals surface area contributed by atoms with E-state index in [-0.39, 0.29) is 23.5 Å². The maximum Gasteiger partial charge on any atom is 0.416 e. The van der Waals surface area contributed by atoms with Crippen molar-refractivity contribution >= 4 is 21.6 Å². The maximum absolute atomic E-state index is 12.6. The molecule has 1 heterocycles. The summed E-state index contributed by atoms with van der Waals surface area (Å²) in [5.41, 5.74) is -0.163. The van der Waals surface area contributed by atoms with E-state index >= 15 is 0 Å². The van der Waals surface area contributed by atoms with E-state index in [4.69, 9.17) is 4.42 Å². The average Bonchev–Trinajstić information content (AvgIpc) is 3.20. The lowest BCUT2D eigenvalue weighted by Crippen LogP contribution is -2.23. The first-order chi connectivity index (χ1) is 14.1. The van der Waals surface area contributed by atoms with Gasteiger partial charge in [0.1, 0.15) is 5.76 Å². The van der Waals surface area contributed by atoms with Crippen molar-refractivity contribution in [3.8, 4) is 0 Å². The van der Waals surface area contributed by atoms with E-state index in [1.165, 1.54) is 42.7 Å². The van der Waals surface area contributed by atoms with Gasteiger partial charge < -0.3 is 9.73 Å². The number of rotatable bonds is 7. The second-order valence-corrected chi connectivity index (χ2v) is 8.12. The fraction of sp³-hybridized carbons (Fsp3) is 0.150. The van der Waals surface area contributed by atoms with Crippen molar-refractivity contribution in [1.29, 1.82) is 0 Å². The number of hydrogen-bond donors (Lipinski definition) is 2. The number of amides is 1. The minimum absolute atomic E-state index is 0.0279. The van der Waals surface area contributed by atoms with Crippen molar-refractivity contribution in [1.82, 2.24) is 4.72 Å². The summed E-state index contributed by atoms with van der Waals surface area (Å²) in [5, 5.41) is 2.55. The Kier molecular flexibility index (Phi) is 6.28. The number of benzene rings is 2. The van der Waals surface area contributed by atoms with Gasteiger partial charge in [0.25, 0.3) is 0 Å². The Labute approximate surface area is 170 Å². The number of anilines is 1. The predicted molar refractivity (Wildman–Crippen MR) is 103 cm³/mol. The van der Waals surface area contributed by atoms with Gasteiger partial charge in [0.05, 0.1) is 29.7 Å². The number of halogens is 3. The van der Waals surface area contributed by atoms with Gasteiger partial charge in [-0.05, 0) is 48.0 Å². The van der Waals surface area contributed by atoms with E-state index in [1.807, 2.05) is 0 Å². The molecule has 0 atom stereocenters. The summed E-state index contributed by atoms with van der Waals surface area (Å²) in [6.07, 6.45) is -3.18. The molecule has 1 aromatic heterocycles.